The standard InChI is InChI=1S/C21H17N5/c1-14-4-3-5-15(2)20(14)25-21-19-11-23-13-26(19)18(12-24-21)17-8-6-16(10-22)7-9-17/h3-9,11-13H,1-2H3,(H,24,25). The predicted octanol–water partition coefficient (Wildman–Crippen LogP) is 4.63. The average Bonchev–Trinajstić information content (AvgIpc) is 3.15. The van der Waals surface area contributed by atoms with Crippen molar-refractivity contribution in [3.05, 3.63) is 77.9 Å². The van der Waals surface area contributed by atoms with Crippen LogP contribution in [0.3, 0.4) is 0 Å². The number of nitrogens with one attached hydrogen (secondary N) is 1. The number of fused-ring (bicyclic) bond motifs is 1. The molecule has 0 atom stereocenters. The Kier molecular flexibility index (Phi) is 3.86. The molecule has 0 aliphatic heterocycles. The maximum atomic E-state index is 8.97. The van der Waals surface area contributed by atoms with Gasteiger partial charge in [0, 0.05) is 11.3 Å². The summed E-state index contributed by atoms with van der Waals surface area (Å²) >= 11 is 0. The summed E-state index contributed by atoms with van der Waals surface area (Å²) in [6.45, 7) is 4.15. The Bertz CT molecular complexity index is 1110. The van der Waals surface area contributed by atoms with Crippen molar-refractivity contribution in [1.29, 1.82) is 5.26 Å². The normalized spacial score (nSPS) is 10.7. The first-order valence-electron chi connectivity index (χ1n) is 8.32. The van der Waals surface area contributed by atoms with Crippen LogP contribution in [0.1, 0.15) is 16.7 Å². The summed E-state index contributed by atoms with van der Waals surface area (Å²) in [5.74, 6) is 0.761. The first-order chi connectivity index (χ1) is 12.7. The van der Waals surface area contributed by atoms with E-state index in [-0.39, 0.29) is 0 Å². The predicted molar refractivity (Wildman–Crippen MR) is 102 cm³/mol. The Morgan fingerprint density at radius 1 is 1.00 bits per heavy atom. The number of para-hydroxylation sites is 1. The highest BCUT2D eigenvalue weighted by atomic mass is 15.1. The second kappa shape index (κ2) is 6.34. The lowest BCUT2D eigenvalue weighted by molar-refractivity contribution is 1.12. The molecule has 0 unspecified atom stereocenters. The fourth-order valence-corrected chi connectivity index (χ4v) is 3.07. The molecule has 2 heterocycles. The quantitative estimate of drug-likeness (QED) is 0.591. The summed E-state index contributed by atoms with van der Waals surface area (Å²) in [6, 6.07) is 15.8. The van der Waals surface area contributed by atoms with Gasteiger partial charge in [0.2, 0.25) is 0 Å². The van der Waals surface area contributed by atoms with E-state index in [1.165, 1.54) is 11.1 Å². The maximum absolute atomic E-state index is 8.97. The van der Waals surface area contributed by atoms with Gasteiger partial charge in [-0.05, 0) is 37.1 Å². The minimum Gasteiger partial charge on any atom is -0.338 e. The van der Waals surface area contributed by atoms with Gasteiger partial charge in [-0.25, -0.2) is 9.97 Å². The Labute approximate surface area is 151 Å². The monoisotopic (exact) mass is 339 g/mol. The van der Waals surface area contributed by atoms with Gasteiger partial charge >= 0.3 is 0 Å². The largest absolute Gasteiger partial charge is 0.338 e. The zero-order chi connectivity index (χ0) is 18.1. The third-order valence-electron chi connectivity index (χ3n) is 4.49. The molecule has 5 heteroatoms. The van der Waals surface area contributed by atoms with Gasteiger partial charge in [0.25, 0.3) is 0 Å². The molecule has 2 aromatic carbocycles. The van der Waals surface area contributed by atoms with Crippen molar-refractivity contribution in [2.24, 2.45) is 0 Å². The molecule has 0 saturated carbocycles. The van der Waals surface area contributed by atoms with Gasteiger partial charge in [-0.15, -0.1) is 0 Å². The molecular weight excluding hydrogens is 322 g/mol. The number of nitriles is 1. The number of imidazole rings is 1. The molecule has 26 heavy (non-hydrogen) atoms. The topological polar surface area (TPSA) is 66.0 Å². The molecule has 0 saturated heterocycles. The second-order valence-corrected chi connectivity index (χ2v) is 6.22. The highest BCUT2D eigenvalue weighted by Crippen LogP contribution is 2.28. The van der Waals surface area contributed by atoms with Gasteiger partial charge in [-0.2, -0.15) is 5.26 Å². The van der Waals surface area contributed by atoms with Crippen molar-refractivity contribution in [3.63, 3.8) is 0 Å². The molecule has 2 aromatic heterocycles. The number of anilines is 2. The molecule has 0 bridgehead atoms. The molecule has 0 aliphatic carbocycles. The van der Waals surface area contributed by atoms with Crippen LogP contribution in [0.2, 0.25) is 0 Å². The molecule has 0 fully saturated rings. The minimum absolute atomic E-state index is 0.636. The highest BCUT2D eigenvalue weighted by molar-refractivity contribution is 5.78. The Hall–Kier alpha value is -3.65. The molecular formula is C21H17N5. The van der Waals surface area contributed by atoms with Crippen LogP contribution < -0.4 is 5.32 Å². The number of aromatic nitrogens is 3. The fourth-order valence-electron chi connectivity index (χ4n) is 3.07. The zero-order valence-corrected chi connectivity index (χ0v) is 14.6. The van der Waals surface area contributed by atoms with Crippen molar-refractivity contribution < 1.29 is 0 Å². The van der Waals surface area contributed by atoms with E-state index in [1.807, 2.05) is 28.8 Å². The van der Waals surface area contributed by atoms with Gasteiger partial charge in [-0.3, -0.25) is 4.40 Å². The van der Waals surface area contributed by atoms with Crippen molar-refractivity contribution >= 4 is 17.0 Å². The van der Waals surface area contributed by atoms with Crippen LogP contribution in [0.5, 0.6) is 0 Å². The van der Waals surface area contributed by atoms with Crippen LogP contribution >= 0.6 is 0 Å². The third kappa shape index (κ3) is 2.68. The number of nitrogens with zero attached hydrogens (tertiary/aromatic N) is 4. The lowest BCUT2D eigenvalue weighted by Gasteiger charge is -2.14. The van der Waals surface area contributed by atoms with Crippen LogP contribution in [0.25, 0.3) is 16.8 Å². The molecule has 5 nitrogen and oxygen atoms in total. The fraction of sp³-hybridized carbons (Fsp3) is 0.0952. The molecule has 0 spiro atoms. The third-order valence-corrected chi connectivity index (χ3v) is 4.49. The van der Waals surface area contributed by atoms with E-state index in [0.717, 1.165) is 28.3 Å². The Morgan fingerprint density at radius 2 is 1.73 bits per heavy atom. The number of benzene rings is 2. The molecule has 0 radical (unpaired) electrons. The molecule has 4 rings (SSSR count). The van der Waals surface area contributed by atoms with Gasteiger partial charge < -0.3 is 5.32 Å². The second-order valence-electron chi connectivity index (χ2n) is 6.22. The number of rotatable bonds is 3. The van der Waals surface area contributed by atoms with E-state index in [4.69, 9.17) is 5.26 Å². The summed E-state index contributed by atoms with van der Waals surface area (Å²) in [7, 11) is 0. The van der Waals surface area contributed by atoms with Crippen LogP contribution in [-0.2, 0) is 0 Å². The summed E-state index contributed by atoms with van der Waals surface area (Å²) in [5, 5.41) is 12.4. The number of hydrogen-bond donors (Lipinski definition) is 1. The molecule has 0 aliphatic rings. The van der Waals surface area contributed by atoms with Crippen molar-refractivity contribution in [1.82, 2.24) is 14.4 Å². The van der Waals surface area contributed by atoms with Crippen molar-refractivity contribution in [3.8, 4) is 17.3 Å². The van der Waals surface area contributed by atoms with Gasteiger partial charge in [-0.1, -0.05) is 30.3 Å². The molecule has 126 valence electrons. The van der Waals surface area contributed by atoms with Crippen LogP contribution in [-0.4, -0.2) is 14.4 Å². The number of aryl methyl sites for hydroxylation is 2. The van der Waals surface area contributed by atoms with Crippen molar-refractivity contribution in [2.45, 2.75) is 13.8 Å². The summed E-state index contributed by atoms with van der Waals surface area (Å²) in [6.07, 6.45) is 5.41. The van der Waals surface area contributed by atoms with E-state index < -0.39 is 0 Å². The summed E-state index contributed by atoms with van der Waals surface area (Å²) in [5.41, 5.74) is 6.84. The number of hydrogen-bond acceptors (Lipinski definition) is 4. The van der Waals surface area contributed by atoms with Crippen LogP contribution in [0.4, 0.5) is 11.5 Å². The van der Waals surface area contributed by atoms with Crippen molar-refractivity contribution in [2.75, 3.05) is 5.32 Å². The first-order valence-corrected chi connectivity index (χ1v) is 8.32. The van der Waals surface area contributed by atoms with Gasteiger partial charge in [0.05, 0.1) is 36.0 Å². The van der Waals surface area contributed by atoms with E-state index >= 15 is 0 Å². The molecule has 0 amide bonds. The van der Waals surface area contributed by atoms with E-state index in [9.17, 15) is 0 Å². The van der Waals surface area contributed by atoms with Crippen LogP contribution in [0, 0.1) is 25.2 Å². The lowest BCUT2D eigenvalue weighted by atomic mass is 10.1. The average molecular weight is 339 g/mol. The van der Waals surface area contributed by atoms with E-state index in [0.29, 0.717) is 5.56 Å². The Balaban J connectivity index is 1.80. The smallest absolute Gasteiger partial charge is 0.156 e. The highest BCUT2D eigenvalue weighted by Gasteiger charge is 2.11. The molecule has 1 N–H and O–H groups in total. The van der Waals surface area contributed by atoms with E-state index in [2.05, 4.69) is 47.3 Å². The zero-order valence-electron chi connectivity index (χ0n) is 14.6. The Morgan fingerprint density at radius 3 is 2.42 bits per heavy atom. The lowest BCUT2D eigenvalue weighted by Crippen LogP contribution is -2.02. The minimum atomic E-state index is 0.636. The van der Waals surface area contributed by atoms with Gasteiger partial charge in [0.1, 0.15) is 5.52 Å². The molecule has 4 aromatic rings. The van der Waals surface area contributed by atoms with Crippen LogP contribution in [0.15, 0.2) is 61.2 Å². The SMILES string of the molecule is Cc1cccc(C)c1Nc1ncc(-c2ccc(C#N)cc2)n2cncc12. The van der Waals surface area contributed by atoms with E-state index in [1.54, 1.807) is 24.7 Å². The summed E-state index contributed by atoms with van der Waals surface area (Å²) < 4.78 is 2.00. The van der Waals surface area contributed by atoms with Gasteiger partial charge in [0.15, 0.2) is 5.82 Å². The summed E-state index contributed by atoms with van der Waals surface area (Å²) in [4.78, 5) is 8.94. The first kappa shape index (κ1) is 15.9. The maximum Gasteiger partial charge on any atom is 0.156 e.